The summed E-state index contributed by atoms with van der Waals surface area (Å²) in [6.07, 6.45) is 12.2. The number of aromatic nitrogens is 4. The predicted octanol–water partition coefficient (Wildman–Crippen LogP) is 4.89. The van der Waals surface area contributed by atoms with Gasteiger partial charge in [-0.1, -0.05) is 42.5 Å². The Hall–Kier alpha value is -4.17. The highest BCUT2D eigenvalue weighted by atomic mass is 16.1. The number of piperidine rings is 1. The smallest absolute Gasteiger partial charge is 0.165 e. The Bertz CT molecular complexity index is 1520. The first kappa shape index (κ1) is 24.2. The zero-order valence-electron chi connectivity index (χ0n) is 21.5. The van der Waals surface area contributed by atoms with Gasteiger partial charge in [0.05, 0.1) is 23.5 Å². The lowest BCUT2D eigenvalue weighted by atomic mass is 9.89. The SMILES string of the molecule is CC(=O)c1c(C2CCN(Cc3cccnc3)CC2)nc2c(C3=CCC(c4ccccc4)N=C3)cnn2c1N. The fourth-order valence-electron chi connectivity index (χ4n) is 5.61. The Balaban J connectivity index is 1.28. The van der Waals surface area contributed by atoms with Crippen LogP contribution in [0.4, 0.5) is 5.82 Å². The van der Waals surface area contributed by atoms with E-state index in [0.717, 1.165) is 55.7 Å². The predicted molar refractivity (Wildman–Crippen MR) is 149 cm³/mol. The molecule has 38 heavy (non-hydrogen) atoms. The Labute approximate surface area is 221 Å². The number of Topliss-reactive ketones (excluding diaryl/α,β-unsaturated/α-hetero) is 1. The van der Waals surface area contributed by atoms with Crippen molar-refractivity contribution in [1.82, 2.24) is 24.5 Å². The van der Waals surface area contributed by atoms with Crippen molar-refractivity contribution in [3.8, 4) is 0 Å². The normalized spacial score (nSPS) is 18.6. The van der Waals surface area contributed by atoms with Gasteiger partial charge in [0.25, 0.3) is 0 Å². The lowest BCUT2D eigenvalue weighted by Crippen LogP contribution is -2.33. The molecule has 4 aromatic rings. The number of ketones is 1. The third-order valence-electron chi connectivity index (χ3n) is 7.62. The van der Waals surface area contributed by atoms with Crippen LogP contribution in [0.2, 0.25) is 0 Å². The van der Waals surface area contributed by atoms with E-state index in [-0.39, 0.29) is 17.7 Å². The first-order valence-electron chi connectivity index (χ1n) is 13.2. The van der Waals surface area contributed by atoms with E-state index in [4.69, 9.17) is 15.7 Å². The molecule has 3 aromatic heterocycles. The van der Waals surface area contributed by atoms with Crippen molar-refractivity contribution in [3.05, 3.63) is 95.1 Å². The molecule has 5 heterocycles. The topological polar surface area (TPSA) is 102 Å². The quantitative estimate of drug-likeness (QED) is 0.375. The fraction of sp³-hybridized carbons (Fsp3) is 0.300. The molecule has 8 nitrogen and oxygen atoms in total. The van der Waals surface area contributed by atoms with Gasteiger partial charge in [-0.15, -0.1) is 0 Å². The lowest BCUT2D eigenvalue weighted by molar-refractivity contribution is 0.101. The number of dihydropyridines is 1. The number of aliphatic imine (C=N–C) groups is 1. The van der Waals surface area contributed by atoms with Crippen LogP contribution in [-0.2, 0) is 6.54 Å². The maximum atomic E-state index is 12.7. The van der Waals surface area contributed by atoms with Crippen molar-refractivity contribution in [2.75, 3.05) is 18.8 Å². The standard InChI is InChI=1S/C30H31N7O/c1-20(38)27-28(23-11-14-36(15-12-23)19-21-6-5-13-32-16-21)35-30-25(18-34-37(30)29(27)31)24-9-10-26(33-17-24)22-7-3-2-4-8-22/h2-9,13,16-18,23,26H,10-12,14-15,19,31H2,1H3. The van der Waals surface area contributed by atoms with Crippen LogP contribution >= 0.6 is 0 Å². The first-order valence-corrected chi connectivity index (χ1v) is 13.2. The third kappa shape index (κ3) is 4.63. The third-order valence-corrected chi connectivity index (χ3v) is 7.62. The van der Waals surface area contributed by atoms with Crippen LogP contribution in [0.1, 0.15) is 70.9 Å². The molecule has 2 N–H and O–H groups in total. The summed E-state index contributed by atoms with van der Waals surface area (Å²) >= 11 is 0. The van der Waals surface area contributed by atoms with E-state index in [1.54, 1.807) is 23.8 Å². The zero-order chi connectivity index (χ0) is 26.1. The highest BCUT2D eigenvalue weighted by Crippen LogP contribution is 2.35. The molecule has 1 fully saturated rings. The molecule has 192 valence electrons. The monoisotopic (exact) mass is 505 g/mol. The Kier molecular flexibility index (Phi) is 6.55. The summed E-state index contributed by atoms with van der Waals surface area (Å²) in [5, 5.41) is 4.52. The summed E-state index contributed by atoms with van der Waals surface area (Å²) in [7, 11) is 0. The number of likely N-dealkylation sites (tertiary alicyclic amines) is 1. The highest BCUT2D eigenvalue weighted by Gasteiger charge is 2.29. The first-order chi connectivity index (χ1) is 18.6. The lowest BCUT2D eigenvalue weighted by Gasteiger charge is -2.32. The van der Waals surface area contributed by atoms with Gasteiger partial charge in [-0.05, 0) is 56.5 Å². The van der Waals surface area contributed by atoms with E-state index in [9.17, 15) is 4.79 Å². The second-order valence-electron chi connectivity index (χ2n) is 10.1. The van der Waals surface area contributed by atoms with E-state index < -0.39 is 0 Å². The maximum Gasteiger partial charge on any atom is 0.165 e. The molecule has 1 saturated heterocycles. The maximum absolute atomic E-state index is 12.7. The van der Waals surface area contributed by atoms with E-state index >= 15 is 0 Å². The molecule has 8 heteroatoms. The molecule has 0 saturated carbocycles. The molecule has 1 aromatic carbocycles. The molecule has 6 rings (SSSR count). The van der Waals surface area contributed by atoms with Gasteiger partial charge in [-0.25, -0.2) is 4.98 Å². The van der Waals surface area contributed by atoms with Crippen LogP contribution < -0.4 is 5.73 Å². The number of carbonyl (C=O) groups excluding carboxylic acids is 1. The van der Waals surface area contributed by atoms with Crippen molar-refractivity contribution < 1.29 is 4.79 Å². The summed E-state index contributed by atoms with van der Waals surface area (Å²) in [5.41, 5.74) is 12.8. The Morgan fingerprint density at radius 3 is 2.58 bits per heavy atom. The van der Waals surface area contributed by atoms with Crippen LogP contribution in [0.3, 0.4) is 0 Å². The van der Waals surface area contributed by atoms with Crippen molar-refractivity contribution in [2.24, 2.45) is 4.99 Å². The Morgan fingerprint density at radius 1 is 1.08 bits per heavy atom. The fourth-order valence-corrected chi connectivity index (χ4v) is 5.61. The van der Waals surface area contributed by atoms with Gasteiger partial charge in [0.2, 0.25) is 0 Å². The molecule has 2 aliphatic rings. The van der Waals surface area contributed by atoms with Crippen LogP contribution in [-0.4, -0.2) is 49.6 Å². The van der Waals surface area contributed by atoms with E-state index in [1.807, 2.05) is 36.7 Å². The average molecular weight is 506 g/mol. The summed E-state index contributed by atoms with van der Waals surface area (Å²) in [5.74, 6) is 0.438. The number of fused-ring (bicyclic) bond motifs is 1. The van der Waals surface area contributed by atoms with Crippen LogP contribution in [0.5, 0.6) is 0 Å². The Morgan fingerprint density at radius 2 is 1.89 bits per heavy atom. The number of anilines is 1. The number of rotatable bonds is 6. The van der Waals surface area contributed by atoms with Gasteiger partial charge >= 0.3 is 0 Å². The minimum Gasteiger partial charge on any atom is -0.383 e. The van der Waals surface area contributed by atoms with Crippen molar-refractivity contribution in [1.29, 1.82) is 0 Å². The summed E-state index contributed by atoms with van der Waals surface area (Å²) < 4.78 is 1.60. The number of nitrogens with two attached hydrogens (primary N) is 1. The van der Waals surface area contributed by atoms with Crippen molar-refractivity contribution in [2.45, 2.75) is 44.7 Å². The molecule has 1 unspecified atom stereocenters. The van der Waals surface area contributed by atoms with Crippen molar-refractivity contribution in [3.63, 3.8) is 0 Å². The summed E-state index contributed by atoms with van der Waals surface area (Å²) in [4.78, 5) is 29.3. The van der Waals surface area contributed by atoms with E-state index in [0.29, 0.717) is 17.0 Å². The summed E-state index contributed by atoms with van der Waals surface area (Å²) in [6, 6.07) is 14.5. The number of pyridine rings is 1. The van der Waals surface area contributed by atoms with Crippen LogP contribution in [0, 0.1) is 0 Å². The number of nitrogen functional groups attached to an aromatic ring is 1. The second-order valence-corrected chi connectivity index (χ2v) is 10.1. The average Bonchev–Trinajstić information content (AvgIpc) is 3.39. The van der Waals surface area contributed by atoms with Gasteiger partial charge in [0.15, 0.2) is 11.4 Å². The van der Waals surface area contributed by atoms with Crippen LogP contribution in [0.25, 0.3) is 11.2 Å². The molecule has 1 atom stereocenters. The van der Waals surface area contributed by atoms with E-state index in [1.165, 1.54) is 11.1 Å². The van der Waals surface area contributed by atoms with Crippen molar-refractivity contribution >= 4 is 29.0 Å². The number of hydrogen-bond donors (Lipinski definition) is 1. The van der Waals surface area contributed by atoms with Gasteiger partial charge in [0.1, 0.15) is 5.82 Å². The van der Waals surface area contributed by atoms with Gasteiger partial charge < -0.3 is 5.73 Å². The van der Waals surface area contributed by atoms with E-state index in [2.05, 4.69) is 39.3 Å². The zero-order valence-corrected chi connectivity index (χ0v) is 21.5. The number of benzene rings is 1. The molecule has 0 spiro atoms. The van der Waals surface area contributed by atoms with Gasteiger partial charge in [-0.3, -0.25) is 19.7 Å². The molecule has 2 aliphatic heterocycles. The number of allylic oxidation sites excluding steroid dienone is 1. The summed E-state index contributed by atoms with van der Waals surface area (Å²) in [6.45, 7) is 4.28. The van der Waals surface area contributed by atoms with Crippen LogP contribution in [0.15, 0.2) is 72.1 Å². The highest BCUT2D eigenvalue weighted by molar-refractivity contribution is 6.13. The largest absolute Gasteiger partial charge is 0.383 e. The molecule has 0 aliphatic carbocycles. The minimum absolute atomic E-state index is 0.0779. The number of carbonyl (C=O) groups is 1. The van der Waals surface area contributed by atoms with Gasteiger partial charge in [-0.2, -0.15) is 9.61 Å². The molecule has 0 radical (unpaired) electrons. The molecule has 0 bridgehead atoms. The number of hydrogen-bond acceptors (Lipinski definition) is 7. The van der Waals surface area contributed by atoms with Gasteiger partial charge in [0, 0.05) is 42.2 Å². The molecular formula is C30H31N7O. The molecule has 0 amide bonds. The number of nitrogens with zero attached hydrogens (tertiary/aromatic N) is 6. The second kappa shape index (κ2) is 10.3. The molecular weight excluding hydrogens is 474 g/mol. The minimum atomic E-state index is -0.0779.